The van der Waals surface area contributed by atoms with Gasteiger partial charge in [-0.2, -0.15) is 0 Å². The predicted octanol–water partition coefficient (Wildman–Crippen LogP) is -1.97. The monoisotopic (exact) mass is 156 g/mol. The highest BCUT2D eigenvalue weighted by Gasteiger charge is 1.93. The van der Waals surface area contributed by atoms with E-state index in [0.29, 0.717) is 5.69 Å². The van der Waals surface area contributed by atoms with E-state index in [-0.39, 0.29) is 6.54 Å². The highest BCUT2D eigenvalue weighted by atomic mass is 16.2. The van der Waals surface area contributed by atoms with Crippen molar-refractivity contribution in [2.45, 2.75) is 6.54 Å². The molecule has 0 aliphatic carbocycles. The minimum absolute atomic E-state index is 0.263. The van der Waals surface area contributed by atoms with Crippen molar-refractivity contribution in [3.63, 3.8) is 0 Å². The molecule has 1 aromatic heterocycles. The van der Waals surface area contributed by atoms with Gasteiger partial charge in [-0.15, -0.1) is 0 Å². The summed E-state index contributed by atoms with van der Waals surface area (Å²) in [5, 5.41) is 0. The first-order valence-corrected chi connectivity index (χ1v) is 2.98. The molecule has 0 fully saturated rings. The van der Waals surface area contributed by atoms with Crippen LogP contribution >= 0.6 is 0 Å². The molecule has 0 radical (unpaired) electrons. The summed E-state index contributed by atoms with van der Waals surface area (Å²) >= 11 is 0. The number of hydrazine groups is 1. The molecule has 0 bridgehead atoms. The third-order valence-electron chi connectivity index (χ3n) is 1.11. The van der Waals surface area contributed by atoms with E-state index >= 15 is 0 Å². The van der Waals surface area contributed by atoms with Crippen LogP contribution in [0, 0.1) is 0 Å². The summed E-state index contributed by atoms with van der Waals surface area (Å²) in [6.07, 6.45) is 0. The Kier molecular flexibility index (Phi) is 2.19. The molecule has 0 aromatic carbocycles. The van der Waals surface area contributed by atoms with E-state index in [0.717, 1.165) is 0 Å². The van der Waals surface area contributed by atoms with Crippen LogP contribution < -0.4 is 22.5 Å². The zero-order valence-electron chi connectivity index (χ0n) is 5.68. The summed E-state index contributed by atoms with van der Waals surface area (Å²) in [6, 6.07) is 1.27. The lowest BCUT2D eigenvalue weighted by Gasteiger charge is -1.96. The Labute approximate surface area is 61.4 Å². The maximum Gasteiger partial charge on any atom is 0.325 e. The van der Waals surface area contributed by atoms with Gasteiger partial charge in [0.1, 0.15) is 0 Å². The van der Waals surface area contributed by atoms with Gasteiger partial charge in [0, 0.05) is 11.8 Å². The average molecular weight is 156 g/mol. The zero-order chi connectivity index (χ0) is 8.27. The normalized spacial score (nSPS) is 9.91. The molecule has 60 valence electrons. The molecule has 5 N–H and O–H groups in total. The Morgan fingerprint density at radius 3 is 2.73 bits per heavy atom. The molecule has 0 atom stereocenters. The van der Waals surface area contributed by atoms with E-state index in [1.807, 2.05) is 4.98 Å². The third-order valence-corrected chi connectivity index (χ3v) is 1.11. The first-order valence-electron chi connectivity index (χ1n) is 2.98. The van der Waals surface area contributed by atoms with Crippen molar-refractivity contribution in [3.8, 4) is 0 Å². The molecule has 0 aliphatic heterocycles. The van der Waals surface area contributed by atoms with E-state index in [1.165, 1.54) is 6.07 Å². The lowest BCUT2D eigenvalue weighted by molar-refractivity contribution is 0.714. The Hall–Kier alpha value is -1.40. The Balaban J connectivity index is 3.09. The number of nitrogens with one attached hydrogen (secondary N) is 3. The quantitative estimate of drug-likeness (QED) is 0.294. The van der Waals surface area contributed by atoms with Gasteiger partial charge in [0.05, 0.1) is 6.54 Å². The number of rotatable bonds is 2. The second-order valence-electron chi connectivity index (χ2n) is 1.99. The number of aromatic amines is 2. The van der Waals surface area contributed by atoms with Gasteiger partial charge in [0.25, 0.3) is 5.56 Å². The number of aromatic nitrogens is 2. The van der Waals surface area contributed by atoms with Gasteiger partial charge in [-0.1, -0.05) is 0 Å². The molecule has 0 amide bonds. The summed E-state index contributed by atoms with van der Waals surface area (Å²) in [4.78, 5) is 25.7. The summed E-state index contributed by atoms with van der Waals surface area (Å²) in [6.45, 7) is 0.263. The average Bonchev–Trinajstić information content (AvgIpc) is 1.85. The summed E-state index contributed by atoms with van der Waals surface area (Å²) in [5.74, 6) is 4.98. The van der Waals surface area contributed by atoms with Crippen LogP contribution in [0.2, 0.25) is 0 Å². The zero-order valence-corrected chi connectivity index (χ0v) is 5.68. The number of H-pyrrole nitrogens is 2. The van der Waals surface area contributed by atoms with E-state index in [9.17, 15) is 9.59 Å². The van der Waals surface area contributed by atoms with E-state index in [2.05, 4.69) is 10.4 Å². The van der Waals surface area contributed by atoms with Crippen LogP contribution in [0.1, 0.15) is 5.69 Å². The molecule has 0 saturated heterocycles. The van der Waals surface area contributed by atoms with Gasteiger partial charge in [-0.25, -0.2) is 4.79 Å². The standard InChI is InChI=1S/C5H8N4O2/c6-7-2-3-1-4(10)9-5(11)8-3/h1,7H,2,6H2,(H2,8,9,10,11). The second kappa shape index (κ2) is 3.13. The van der Waals surface area contributed by atoms with Gasteiger partial charge < -0.3 is 4.98 Å². The van der Waals surface area contributed by atoms with Crippen molar-refractivity contribution in [2.24, 2.45) is 5.84 Å². The van der Waals surface area contributed by atoms with Crippen molar-refractivity contribution in [2.75, 3.05) is 0 Å². The van der Waals surface area contributed by atoms with Crippen LogP contribution in [-0.4, -0.2) is 9.97 Å². The number of nitrogens with two attached hydrogens (primary N) is 1. The minimum Gasteiger partial charge on any atom is -0.310 e. The van der Waals surface area contributed by atoms with E-state index in [1.54, 1.807) is 0 Å². The SMILES string of the molecule is NNCc1cc(=O)[nH]c(=O)[nH]1. The molecular formula is C5H8N4O2. The van der Waals surface area contributed by atoms with E-state index < -0.39 is 11.2 Å². The third kappa shape index (κ3) is 2.03. The van der Waals surface area contributed by atoms with Gasteiger partial charge in [0.15, 0.2) is 0 Å². The molecule has 0 spiro atoms. The van der Waals surface area contributed by atoms with E-state index in [4.69, 9.17) is 5.84 Å². The van der Waals surface area contributed by atoms with Gasteiger partial charge in [-0.05, 0) is 0 Å². The molecule has 0 saturated carbocycles. The molecule has 1 rings (SSSR count). The lowest BCUT2D eigenvalue weighted by Crippen LogP contribution is -2.28. The lowest BCUT2D eigenvalue weighted by atomic mass is 10.4. The van der Waals surface area contributed by atoms with Crippen LogP contribution in [0.4, 0.5) is 0 Å². The fourth-order valence-electron chi connectivity index (χ4n) is 0.725. The van der Waals surface area contributed by atoms with Crippen molar-refractivity contribution in [1.82, 2.24) is 15.4 Å². The second-order valence-corrected chi connectivity index (χ2v) is 1.99. The fourth-order valence-corrected chi connectivity index (χ4v) is 0.725. The summed E-state index contributed by atoms with van der Waals surface area (Å²) < 4.78 is 0. The van der Waals surface area contributed by atoms with Gasteiger partial charge in [0.2, 0.25) is 0 Å². The number of hydrogen-bond donors (Lipinski definition) is 4. The highest BCUT2D eigenvalue weighted by molar-refractivity contribution is 4.97. The molecule has 6 nitrogen and oxygen atoms in total. The molecule has 6 heteroatoms. The molecular weight excluding hydrogens is 148 g/mol. The Morgan fingerprint density at radius 2 is 2.18 bits per heavy atom. The predicted molar refractivity (Wildman–Crippen MR) is 38.7 cm³/mol. The Bertz CT molecular complexity index is 311. The fraction of sp³-hybridized carbons (Fsp3) is 0.200. The maximum absolute atomic E-state index is 10.6. The van der Waals surface area contributed by atoms with Crippen molar-refractivity contribution < 1.29 is 0 Å². The van der Waals surface area contributed by atoms with Crippen molar-refractivity contribution in [1.29, 1.82) is 0 Å². The molecule has 11 heavy (non-hydrogen) atoms. The van der Waals surface area contributed by atoms with Crippen LogP contribution in [0.3, 0.4) is 0 Å². The molecule has 0 unspecified atom stereocenters. The first-order chi connectivity index (χ1) is 5.22. The van der Waals surface area contributed by atoms with Gasteiger partial charge >= 0.3 is 5.69 Å². The maximum atomic E-state index is 10.6. The number of hydrogen-bond acceptors (Lipinski definition) is 4. The van der Waals surface area contributed by atoms with Gasteiger partial charge in [-0.3, -0.25) is 21.0 Å². The Morgan fingerprint density at radius 1 is 1.45 bits per heavy atom. The molecule has 1 aromatic rings. The smallest absolute Gasteiger partial charge is 0.310 e. The highest BCUT2D eigenvalue weighted by Crippen LogP contribution is 1.79. The molecule has 1 heterocycles. The van der Waals surface area contributed by atoms with Crippen LogP contribution in [0.15, 0.2) is 15.7 Å². The summed E-state index contributed by atoms with van der Waals surface area (Å²) in [7, 11) is 0. The van der Waals surface area contributed by atoms with Crippen LogP contribution in [0.5, 0.6) is 0 Å². The first kappa shape index (κ1) is 7.70. The topological polar surface area (TPSA) is 104 Å². The largest absolute Gasteiger partial charge is 0.325 e. The van der Waals surface area contributed by atoms with Crippen LogP contribution in [0.25, 0.3) is 0 Å². The van der Waals surface area contributed by atoms with Crippen molar-refractivity contribution in [3.05, 3.63) is 32.6 Å². The van der Waals surface area contributed by atoms with Crippen molar-refractivity contribution >= 4 is 0 Å². The van der Waals surface area contributed by atoms with Crippen LogP contribution in [-0.2, 0) is 6.54 Å². The summed E-state index contributed by atoms with van der Waals surface area (Å²) in [5.41, 5.74) is 1.82. The molecule has 0 aliphatic rings. The minimum atomic E-state index is -0.525.